The lowest BCUT2D eigenvalue weighted by Gasteiger charge is -2.33. The third-order valence-corrected chi connectivity index (χ3v) is 6.11. The molecule has 2 heterocycles. The number of ether oxygens (including phenoxy) is 1. The summed E-state index contributed by atoms with van der Waals surface area (Å²) >= 11 is 0. The summed E-state index contributed by atoms with van der Waals surface area (Å²) in [6, 6.07) is 7.36. The third kappa shape index (κ3) is 7.23. The van der Waals surface area contributed by atoms with Crippen LogP contribution in [0.5, 0.6) is 0 Å². The van der Waals surface area contributed by atoms with Gasteiger partial charge in [-0.3, -0.25) is 4.79 Å². The van der Waals surface area contributed by atoms with E-state index in [9.17, 15) is 32.3 Å². The Hall–Kier alpha value is -3.80. The number of ketones is 1. The van der Waals surface area contributed by atoms with Crippen LogP contribution in [0.2, 0.25) is 0 Å². The van der Waals surface area contributed by atoms with Gasteiger partial charge in [0.1, 0.15) is 22.9 Å². The van der Waals surface area contributed by atoms with Crippen molar-refractivity contribution in [3.05, 3.63) is 71.2 Å². The molecule has 2 aromatic heterocycles. The van der Waals surface area contributed by atoms with Crippen molar-refractivity contribution in [1.82, 2.24) is 20.3 Å². The summed E-state index contributed by atoms with van der Waals surface area (Å²) < 4.78 is 62.4. The quantitative estimate of drug-likeness (QED) is 0.225. The van der Waals surface area contributed by atoms with E-state index in [1.807, 2.05) is 0 Å². The van der Waals surface area contributed by atoms with Gasteiger partial charge in [0, 0.05) is 12.0 Å². The van der Waals surface area contributed by atoms with Crippen molar-refractivity contribution in [2.75, 3.05) is 0 Å². The molecule has 0 saturated carbocycles. The molecule has 1 atom stereocenters. The second-order valence-electron chi connectivity index (χ2n) is 11.0. The molecule has 0 saturated heterocycles. The molecule has 3 rings (SSSR count). The molecule has 0 aliphatic heterocycles. The minimum Gasteiger partial charge on any atom is -0.444 e. The number of aliphatic hydroxyl groups is 1. The van der Waals surface area contributed by atoms with Gasteiger partial charge in [-0.25, -0.2) is 19.2 Å². The molecular weight excluding hydrogens is 532 g/mol. The van der Waals surface area contributed by atoms with Crippen molar-refractivity contribution < 1.29 is 37.0 Å². The van der Waals surface area contributed by atoms with Gasteiger partial charge in [-0.2, -0.15) is 13.2 Å². The van der Waals surface area contributed by atoms with E-state index in [0.29, 0.717) is 5.82 Å². The van der Waals surface area contributed by atoms with Crippen LogP contribution in [0, 0.1) is 12.7 Å². The number of carbonyl (C=O) groups is 2. The van der Waals surface area contributed by atoms with Crippen LogP contribution in [0.1, 0.15) is 75.0 Å². The predicted octanol–water partition coefficient (Wildman–Crippen LogP) is 6.09. The molecule has 216 valence electrons. The summed E-state index contributed by atoms with van der Waals surface area (Å²) in [5.41, 5.74) is -6.03. The van der Waals surface area contributed by atoms with E-state index in [1.54, 1.807) is 41.5 Å². The molecule has 0 radical (unpaired) electrons. The lowest BCUT2D eigenvalue weighted by molar-refractivity contribution is -0.270. The first kappa shape index (κ1) is 30.7. The van der Waals surface area contributed by atoms with Crippen molar-refractivity contribution >= 4 is 11.9 Å². The standard InChI is InChI=1S/C28H32F4N4O4/c1-16-33-15-21(34-16)22(37)11-12-27(39,28(30,31)32)23-14-18(26(5,6)36-24(38)40-25(2,3)4)13-20(35-23)17-7-9-19(29)10-8-17/h7-10,13-15,39H,11-12H2,1-6H3,(H,33,34)(H,36,38). The molecule has 12 heteroatoms. The molecule has 0 fully saturated rings. The number of aromatic amines is 1. The summed E-state index contributed by atoms with van der Waals surface area (Å²) in [7, 11) is 0. The Morgan fingerprint density at radius 3 is 2.20 bits per heavy atom. The Bertz CT molecular complexity index is 1380. The number of hydrogen-bond acceptors (Lipinski definition) is 6. The zero-order valence-electron chi connectivity index (χ0n) is 23.0. The van der Waals surface area contributed by atoms with Gasteiger partial charge < -0.3 is 20.1 Å². The molecule has 0 aliphatic rings. The van der Waals surface area contributed by atoms with Crippen LogP contribution < -0.4 is 5.32 Å². The highest BCUT2D eigenvalue weighted by molar-refractivity contribution is 5.94. The van der Waals surface area contributed by atoms with Crippen LogP contribution in [0.15, 0.2) is 42.6 Å². The number of halogens is 4. The number of pyridine rings is 1. The summed E-state index contributed by atoms with van der Waals surface area (Å²) in [4.78, 5) is 35.8. The van der Waals surface area contributed by atoms with Crippen LogP contribution in [0.25, 0.3) is 11.3 Å². The number of amides is 1. The Morgan fingerprint density at radius 2 is 1.68 bits per heavy atom. The lowest BCUT2D eigenvalue weighted by Crippen LogP contribution is -2.45. The number of benzene rings is 1. The number of carbonyl (C=O) groups excluding carboxylic acids is 2. The summed E-state index contributed by atoms with van der Waals surface area (Å²) in [6.45, 7) is 9.65. The van der Waals surface area contributed by atoms with Crippen LogP contribution in [-0.2, 0) is 15.9 Å². The van der Waals surface area contributed by atoms with Gasteiger partial charge in [0.15, 0.2) is 5.78 Å². The number of Topliss-reactive ketones (excluding diaryl/α,β-unsaturated/α-hetero) is 1. The highest BCUT2D eigenvalue weighted by atomic mass is 19.4. The maximum atomic E-state index is 14.5. The van der Waals surface area contributed by atoms with E-state index in [2.05, 4.69) is 20.3 Å². The fraction of sp³-hybridized carbons (Fsp3) is 0.429. The highest BCUT2D eigenvalue weighted by Gasteiger charge is 2.56. The number of imidazole rings is 1. The van der Waals surface area contributed by atoms with Crippen LogP contribution >= 0.6 is 0 Å². The smallest absolute Gasteiger partial charge is 0.422 e. The Morgan fingerprint density at radius 1 is 1.05 bits per heavy atom. The van der Waals surface area contributed by atoms with Gasteiger partial charge >= 0.3 is 12.3 Å². The first-order valence-corrected chi connectivity index (χ1v) is 12.4. The molecule has 0 bridgehead atoms. The van der Waals surface area contributed by atoms with Gasteiger partial charge in [0.2, 0.25) is 5.60 Å². The normalized spacial score (nSPS) is 14.0. The largest absolute Gasteiger partial charge is 0.444 e. The third-order valence-electron chi connectivity index (χ3n) is 6.11. The van der Waals surface area contributed by atoms with Crippen molar-refractivity contribution in [3.63, 3.8) is 0 Å². The van der Waals surface area contributed by atoms with E-state index >= 15 is 0 Å². The minimum absolute atomic E-state index is 0.00948. The number of alkyl halides is 3. The number of aryl methyl sites for hydroxylation is 1. The number of hydrogen-bond donors (Lipinski definition) is 3. The van der Waals surface area contributed by atoms with Crippen molar-refractivity contribution in [3.8, 4) is 11.3 Å². The minimum atomic E-state index is -5.23. The maximum absolute atomic E-state index is 14.5. The zero-order valence-corrected chi connectivity index (χ0v) is 23.0. The number of aromatic nitrogens is 3. The Balaban J connectivity index is 2.11. The van der Waals surface area contributed by atoms with Gasteiger partial charge in [0.25, 0.3) is 0 Å². The molecule has 0 spiro atoms. The van der Waals surface area contributed by atoms with Gasteiger partial charge in [-0.05, 0) is 89.9 Å². The first-order valence-electron chi connectivity index (χ1n) is 12.4. The zero-order chi connectivity index (χ0) is 30.1. The van der Waals surface area contributed by atoms with E-state index in [4.69, 9.17) is 4.74 Å². The SMILES string of the molecule is Cc1ncc(C(=O)CCC(O)(c2cc(C(C)(C)NC(=O)OC(C)(C)C)cc(-c3ccc(F)cc3)n2)C(F)(F)F)[nH]1. The number of rotatable bonds is 8. The molecular formula is C28H32F4N4O4. The summed E-state index contributed by atoms with van der Waals surface area (Å²) in [5.74, 6) is -0.830. The van der Waals surface area contributed by atoms with E-state index in [0.717, 1.165) is 18.2 Å². The Kier molecular flexibility index (Phi) is 8.45. The van der Waals surface area contributed by atoms with E-state index in [1.165, 1.54) is 24.4 Å². The fourth-order valence-electron chi connectivity index (χ4n) is 3.91. The van der Waals surface area contributed by atoms with E-state index in [-0.39, 0.29) is 22.5 Å². The van der Waals surface area contributed by atoms with Crippen LogP contribution in [0.4, 0.5) is 22.4 Å². The van der Waals surface area contributed by atoms with Crippen molar-refractivity contribution in [2.45, 2.75) is 77.3 Å². The molecule has 3 aromatic rings. The molecule has 1 aromatic carbocycles. The monoisotopic (exact) mass is 564 g/mol. The fourth-order valence-corrected chi connectivity index (χ4v) is 3.91. The molecule has 0 aliphatic carbocycles. The predicted molar refractivity (Wildman–Crippen MR) is 139 cm³/mol. The topological polar surface area (TPSA) is 117 Å². The van der Waals surface area contributed by atoms with Gasteiger partial charge in [-0.1, -0.05) is 0 Å². The number of nitrogens with one attached hydrogen (secondary N) is 2. The highest BCUT2D eigenvalue weighted by Crippen LogP contribution is 2.43. The van der Waals surface area contributed by atoms with Crippen LogP contribution in [0.3, 0.4) is 0 Å². The lowest BCUT2D eigenvalue weighted by atomic mass is 9.86. The number of alkyl carbamates (subject to hydrolysis) is 1. The number of H-pyrrole nitrogens is 1. The molecule has 8 nitrogen and oxygen atoms in total. The second kappa shape index (κ2) is 11.0. The number of nitrogens with zero attached hydrogens (tertiary/aromatic N) is 2. The van der Waals surface area contributed by atoms with E-state index < -0.39 is 59.1 Å². The first-order chi connectivity index (χ1) is 18.3. The van der Waals surface area contributed by atoms with Crippen LogP contribution in [-0.4, -0.2) is 43.7 Å². The van der Waals surface area contributed by atoms with Crippen molar-refractivity contribution in [1.29, 1.82) is 0 Å². The average Bonchev–Trinajstić information content (AvgIpc) is 3.26. The second-order valence-corrected chi connectivity index (χ2v) is 11.0. The maximum Gasteiger partial charge on any atom is 0.422 e. The summed E-state index contributed by atoms with van der Waals surface area (Å²) in [5, 5.41) is 13.8. The van der Waals surface area contributed by atoms with Gasteiger partial charge in [0.05, 0.1) is 23.1 Å². The van der Waals surface area contributed by atoms with Gasteiger partial charge in [-0.15, -0.1) is 0 Å². The average molecular weight is 565 g/mol. The molecule has 1 unspecified atom stereocenters. The molecule has 3 N–H and O–H groups in total. The molecule has 40 heavy (non-hydrogen) atoms. The molecule has 1 amide bonds. The van der Waals surface area contributed by atoms with Crippen molar-refractivity contribution in [2.24, 2.45) is 0 Å². The Labute approximate surface area is 229 Å². The summed E-state index contributed by atoms with van der Waals surface area (Å²) in [6.07, 6.45) is -6.54.